The number of hydrogen-bond acceptors (Lipinski definition) is 8. The molecule has 0 saturated carbocycles. The third-order valence-electron chi connectivity index (χ3n) is 8.29. The lowest BCUT2D eigenvalue weighted by Gasteiger charge is -2.19. The summed E-state index contributed by atoms with van der Waals surface area (Å²) in [6, 6.07) is 0. The van der Waals surface area contributed by atoms with Crippen LogP contribution in [-0.2, 0) is 28.2 Å². The molecule has 0 fully saturated rings. The van der Waals surface area contributed by atoms with Crippen LogP contribution >= 0.6 is 7.82 Å². The minimum atomic E-state index is -4.82. The van der Waals surface area contributed by atoms with Crippen LogP contribution in [0.3, 0.4) is 0 Å². The number of phosphoric ester groups is 1. The topological polar surface area (TPSA) is 160 Å². The highest BCUT2D eigenvalue weighted by atomic mass is 31.2. The fourth-order valence-electron chi connectivity index (χ4n) is 5.25. The van der Waals surface area contributed by atoms with Crippen molar-refractivity contribution >= 4 is 19.8 Å². The number of carbonyl (C=O) groups is 2. The number of carbonyl (C=O) groups excluding carboxylic acids is 2. The average Bonchev–Trinajstić information content (AvgIpc) is 3.06. The fourth-order valence-corrected chi connectivity index (χ4v) is 5.61. The summed E-state index contributed by atoms with van der Waals surface area (Å²) in [5, 5.41) is 20.5. The van der Waals surface area contributed by atoms with Crippen LogP contribution in [0.4, 0.5) is 0 Å². The Bertz CT molecular complexity index is 959. The van der Waals surface area contributed by atoms with Crippen molar-refractivity contribution in [3.05, 3.63) is 36.5 Å². The van der Waals surface area contributed by atoms with Gasteiger partial charge in [0.05, 0.1) is 18.8 Å². The van der Waals surface area contributed by atoms with E-state index in [0.717, 1.165) is 44.4 Å². The highest BCUT2D eigenvalue weighted by Gasteiger charge is 2.23. The van der Waals surface area contributed by atoms with Gasteiger partial charge in [0.1, 0.15) is 6.61 Å². The number of esters is 2. The van der Waals surface area contributed by atoms with Gasteiger partial charge in [-0.15, -0.1) is 0 Å². The zero-order chi connectivity index (χ0) is 37.3. The SMILES string of the molecule is CCCCC/C=C\C/C=C\C/C=C\CC(O)C(O)CCCC(=O)OC[C@H](COP(=O)(O)O)OC(=O)CCCCCCCCCCCCC(C)C. The summed E-state index contributed by atoms with van der Waals surface area (Å²) in [4.78, 5) is 42.8. The third-order valence-corrected chi connectivity index (χ3v) is 8.78. The number of ether oxygens (including phenoxy) is 2. The van der Waals surface area contributed by atoms with Gasteiger partial charge in [-0.05, 0) is 57.3 Å². The first-order valence-electron chi connectivity index (χ1n) is 19.3. The summed E-state index contributed by atoms with van der Waals surface area (Å²) in [6.07, 6.45) is 29.1. The lowest BCUT2D eigenvalue weighted by atomic mass is 10.0. The van der Waals surface area contributed by atoms with Crippen LogP contribution in [0.25, 0.3) is 0 Å². The standard InChI is InChI=1S/C39H71O10P/c1-4-5-6-7-8-9-10-11-15-18-21-24-28-36(40)37(41)29-26-31-38(42)47-32-35(33-48-50(44,45)46)49-39(43)30-25-22-19-16-13-12-14-17-20-23-27-34(2)3/h8-9,11,15,21,24,34-37,40-41H,4-7,10,12-14,16-20,22-23,25-33H2,1-3H3,(H2,44,45,46)/b9-8-,15-11-,24-21-/t35-,36?,37?/m1/s1. The molecule has 0 spiro atoms. The Morgan fingerprint density at radius 1 is 0.640 bits per heavy atom. The predicted octanol–water partition coefficient (Wildman–Crippen LogP) is 9.20. The molecule has 0 rings (SSSR count). The van der Waals surface area contributed by atoms with E-state index in [1.165, 1.54) is 64.2 Å². The van der Waals surface area contributed by atoms with Crippen molar-refractivity contribution in [2.24, 2.45) is 5.92 Å². The molecule has 0 radical (unpaired) electrons. The molecule has 0 saturated heterocycles. The minimum absolute atomic E-state index is 0.0460. The predicted molar refractivity (Wildman–Crippen MR) is 200 cm³/mol. The number of allylic oxidation sites excluding steroid dienone is 5. The van der Waals surface area contributed by atoms with Gasteiger partial charge in [0.2, 0.25) is 0 Å². The van der Waals surface area contributed by atoms with Crippen molar-refractivity contribution < 1.29 is 48.2 Å². The molecule has 3 atom stereocenters. The van der Waals surface area contributed by atoms with Gasteiger partial charge in [-0.1, -0.05) is 134 Å². The van der Waals surface area contributed by atoms with Crippen molar-refractivity contribution in [2.45, 2.75) is 180 Å². The molecule has 0 bridgehead atoms. The number of rotatable bonds is 34. The molecule has 11 heteroatoms. The van der Waals surface area contributed by atoms with Gasteiger partial charge >= 0.3 is 19.8 Å². The number of aliphatic hydroxyl groups is 2. The lowest BCUT2D eigenvalue weighted by molar-refractivity contribution is -0.161. The van der Waals surface area contributed by atoms with Gasteiger partial charge < -0.3 is 29.5 Å². The summed E-state index contributed by atoms with van der Waals surface area (Å²) in [5.41, 5.74) is 0. The van der Waals surface area contributed by atoms with Crippen molar-refractivity contribution in [3.8, 4) is 0 Å². The molecule has 292 valence electrons. The summed E-state index contributed by atoms with van der Waals surface area (Å²) in [7, 11) is -4.82. The molecule has 4 N–H and O–H groups in total. The molecule has 0 aromatic heterocycles. The van der Waals surface area contributed by atoms with E-state index >= 15 is 0 Å². The Labute approximate surface area is 303 Å². The lowest BCUT2D eigenvalue weighted by Crippen LogP contribution is -2.29. The maximum absolute atomic E-state index is 12.4. The van der Waals surface area contributed by atoms with E-state index in [4.69, 9.17) is 19.3 Å². The van der Waals surface area contributed by atoms with Crippen LogP contribution in [0.15, 0.2) is 36.5 Å². The number of hydrogen-bond donors (Lipinski definition) is 4. The van der Waals surface area contributed by atoms with E-state index in [1.54, 1.807) is 0 Å². The smallest absolute Gasteiger partial charge is 0.462 e. The van der Waals surface area contributed by atoms with Gasteiger partial charge in [-0.25, -0.2) is 4.57 Å². The first kappa shape index (κ1) is 48.2. The summed E-state index contributed by atoms with van der Waals surface area (Å²) >= 11 is 0. The van der Waals surface area contributed by atoms with E-state index in [2.05, 4.69) is 49.6 Å². The Hall–Kier alpha value is -1.81. The normalized spacial score (nSPS) is 14.2. The monoisotopic (exact) mass is 730 g/mol. The third kappa shape index (κ3) is 34.6. The Morgan fingerprint density at radius 3 is 1.80 bits per heavy atom. The van der Waals surface area contributed by atoms with E-state index in [9.17, 15) is 24.4 Å². The molecule has 0 aromatic rings. The van der Waals surface area contributed by atoms with Crippen LogP contribution < -0.4 is 0 Å². The Balaban J connectivity index is 4.22. The quantitative estimate of drug-likeness (QED) is 0.0218. The van der Waals surface area contributed by atoms with Gasteiger partial charge in [0, 0.05) is 12.8 Å². The maximum atomic E-state index is 12.4. The Morgan fingerprint density at radius 2 is 1.20 bits per heavy atom. The van der Waals surface area contributed by atoms with Crippen LogP contribution in [-0.4, -0.2) is 63.5 Å². The number of phosphoric acid groups is 1. The molecule has 0 aromatic carbocycles. The van der Waals surface area contributed by atoms with Crippen LogP contribution in [0, 0.1) is 5.92 Å². The van der Waals surface area contributed by atoms with E-state index in [1.807, 2.05) is 12.2 Å². The first-order chi connectivity index (χ1) is 23.9. The Kier molecular flexibility index (Phi) is 31.9. The molecule has 0 aliphatic carbocycles. The van der Waals surface area contributed by atoms with Crippen LogP contribution in [0.5, 0.6) is 0 Å². The zero-order valence-corrected chi connectivity index (χ0v) is 32.3. The van der Waals surface area contributed by atoms with Crippen LogP contribution in [0.2, 0.25) is 0 Å². The summed E-state index contributed by atoms with van der Waals surface area (Å²) < 4.78 is 26.1. The van der Waals surface area contributed by atoms with Crippen molar-refractivity contribution in [2.75, 3.05) is 13.2 Å². The maximum Gasteiger partial charge on any atom is 0.469 e. The fraction of sp³-hybridized carbons (Fsp3) is 0.795. The highest BCUT2D eigenvalue weighted by molar-refractivity contribution is 7.46. The molecule has 0 amide bonds. The molecule has 0 heterocycles. The van der Waals surface area contributed by atoms with Crippen LogP contribution in [0.1, 0.15) is 162 Å². The second-order valence-electron chi connectivity index (χ2n) is 13.7. The molecule has 10 nitrogen and oxygen atoms in total. The molecular weight excluding hydrogens is 659 g/mol. The summed E-state index contributed by atoms with van der Waals surface area (Å²) in [6.45, 7) is 5.68. The number of unbranched alkanes of at least 4 members (excludes halogenated alkanes) is 12. The molecule has 2 unspecified atom stereocenters. The zero-order valence-electron chi connectivity index (χ0n) is 31.4. The van der Waals surface area contributed by atoms with Gasteiger partial charge in [0.15, 0.2) is 6.10 Å². The van der Waals surface area contributed by atoms with Gasteiger partial charge in [-0.2, -0.15) is 0 Å². The molecule has 50 heavy (non-hydrogen) atoms. The second-order valence-corrected chi connectivity index (χ2v) is 14.9. The largest absolute Gasteiger partial charge is 0.469 e. The molecule has 0 aliphatic rings. The van der Waals surface area contributed by atoms with Gasteiger partial charge in [-0.3, -0.25) is 14.1 Å². The van der Waals surface area contributed by atoms with Crippen molar-refractivity contribution in [1.82, 2.24) is 0 Å². The second kappa shape index (κ2) is 33.1. The van der Waals surface area contributed by atoms with E-state index in [0.29, 0.717) is 12.8 Å². The highest BCUT2D eigenvalue weighted by Crippen LogP contribution is 2.36. The van der Waals surface area contributed by atoms with Gasteiger partial charge in [0.25, 0.3) is 0 Å². The minimum Gasteiger partial charge on any atom is -0.462 e. The molecular formula is C39H71O10P. The van der Waals surface area contributed by atoms with E-state index < -0.39 is 51.3 Å². The first-order valence-corrected chi connectivity index (χ1v) is 20.8. The average molecular weight is 731 g/mol. The van der Waals surface area contributed by atoms with Crippen molar-refractivity contribution in [3.63, 3.8) is 0 Å². The summed E-state index contributed by atoms with van der Waals surface area (Å²) in [5.74, 6) is -0.391. The number of aliphatic hydroxyl groups excluding tert-OH is 2. The van der Waals surface area contributed by atoms with E-state index in [-0.39, 0.29) is 25.7 Å². The molecule has 0 aliphatic heterocycles. The van der Waals surface area contributed by atoms with Crippen molar-refractivity contribution in [1.29, 1.82) is 0 Å².